The molecule has 2 fully saturated rings. The van der Waals surface area contributed by atoms with Crippen molar-refractivity contribution in [2.75, 3.05) is 33.2 Å². The van der Waals surface area contributed by atoms with Crippen LogP contribution in [0.25, 0.3) is 10.9 Å². The summed E-state index contributed by atoms with van der Waals surface area (Å²) in [6.07, 6.45) is 1.36. The summed E-state index contributed by atoms with van der Waals surface area (Å²) in [5.41, 5.74) is 8.23. The van der Waals surface area contributed by atoms with Crippen LogP contribution in [0.5, 0.6) is 0 Å². The third-order valence-electron chi connectivity index (χ3n) is 5.28. The molecule has 2 aliphatic rings. The van der Waals surface area contributed by atoms with E-state index in [0.29, 0.717) is 17.6 Å². The van der Waals surface area contributed by atoms with Gasteiger partial charge in [0.15, 0.2) is 17.9 Å². The van der Waals surface area contributed by atoms with Gasteiger partial charge in [-0.2, -0.15) is 0 Å². The lowest BCUT2D eigenvalue weighted by Crippen LogP contribution is -2.40. The summed E-state index contributed by atoms with van der Waals surface area (Å²) in [6, 6.07) is 17.9. The molecule has 160 valence electrons. The fourth-order valence-electron chi connectivity index (χ4n) is 3.55. The predicted molar refractivity (Wildman–Crippen MR) is 122 cm³/mol. The molecule has 2 saturated heterocycles. The maximum Gasteiger partial charge on any atom is 0.195 e. The molecule has 8 heteroatoms. The van der Waals surface area contributed by atoms with Gasteiger partial charge < -0.3 is 15.6 Å². The van der Waals surface area contributed by atoms with E-state index in [9.17, 15) is 4.79 Å². The van der Waals surface area contributed by atoms with Crippen LogP contribution in [0, 0.1) is 0 Å². The number of aldehydes is 1. The van der Waals surface area contributed by atoms with Crippen molar-refractivity contribution in [3.63, 3.8) is 0 Å². The number of carbonyl (C=O) groups is 1. The minimum absolute atomic E-state index is 0.138. The molecule has 0 aliphatic carbocycles. The van der Waals surface area contributed by atoms with E-state index in [-0.39, 0.29) is 11.9 Å². The topological polar surface area (TPSA) is 94.5 Å². The van der Waals surface area contributed by atoms with Crippen LogP contribution < -0.4 is 16.2 Å². The Bertz CT molecular complexity index is 1050. The molecule has 1 aromatic heterocycles. The summed E-state index contributed by atoms with van der Waals surface area (Å²) >= 11 is 0. The zero-order valence-electron chi connectivity index (χ0n) is 17.6. The highest BCUT2D eigenvalue weighted by Gasteiger charge is 2.21. The Labute approximate surface area is 181 Å². The Morgan fingerprint density at radius 3 is 2.48 bits per heavy atom. The van der Waals surface area contributed by atoms with Crippen molar-refractivity contribution in [1.29, 1.82) is 0 Å². The standard InChI is InChI=1S/C18H15N5O.C5H12N2/c24-11-17-19-14-9-5-4-8-13(14)18(21-17)20-16-10-15(22-23-16)12-6-2-1-3-7-12;1-7-4-2-6-3-5-7/h1-9,11,15,22H,10H2,(H,19,20,21,23);6H,2-5H2,1H3. The number of rotatable bonds is 3. The van der Waals surface area contributed by atoms with Crippen LogP contribution in [0.2, 0.25) is 0 Å². The van der Waals surface area contributed by atoms with E-state index in [4.69, 9.17) is 0 Å². The number of benzene rings is 2. The maximum absolute atomic E-state index is 11.1. The van der Waals surface area contributed by atoms with Gasteiger partial charge in [-0.3, -0.25) is 4.79 Å². The van der Waals surface area contributed by atoms with E-state index in [0.717, 1.165) is 30.7 Å². The molecular weight excluding hydrogens is 390 g/mol. The fraction of sp³-hybridized carbons (Fsp3) is 0.304. The van der Waals surface area contributed by atoms with Crippen molar-refractivity contribution in [2.45, 2.75) is 12.5 Å². The largest absolute Gasteiger partial charge is 0.314 e. The first-order valence-electron chi connectivity index (χ1n) is 10.5. The van der Waals surface area contributed by atoms with Gasteiger partial charge in [0.25, 0.3) is 0 Å². The van der Waals surface area contributed by atoms with Crippen LogP contribution in [0.4, 0.5) is 5.82 Å². The SMILES string of the molecule is CN1CCNCC1.O=Cc1nc(N=C2CC(c3ccccc3)NN2)c2ccccc2n1. The van der Waals surface area contributed by atoms with Crippen LogP contribution in [0.1, 0.15) is 28.6 Å². The number of aromatic nitrogens is 2. The van der Waals surface area contributed by atoms with Gasteiger partial charge in [0.05, 0.1) is 11.6 Å². The number of para-hydroxylation sites is 1. The van der Waals surface area contributed by atoms with Gasteiger partial charge >= 0.3 is 0 Å². The number of carbonyl (C=O) groups excluding carboxylic acids is 1. The molecular formula is C23H27N7O. The third kappa shape index (κ3) is 5.49. The van der Waals surface area contributed by atoms with Crippen molar-refractivity contribution >= 4 is 28.8 Å². The van der Waals surface area contributed by atoms with E-state index in [1.54, 1.807) is 0 Å². The van der Waals surface area contributed by atoms with Gasteiger partial charge in [0, 0.05) is 38.0 Å². The Balaban J connectivity index is 0.000000282. The van der Waals surface area contributed by atoms with Crippen molar-refractivity contribution in [2.24, 2.45) is 4.99 Å². The summed E-state index contributed by atoms with van der Waals surface area (Å²) in [5.74, 6) is 1.42. The first kappa shape index (κ1) is 21.0. The number of likely N-dealkylation sites (N-methyl/N-ethyl adjacent to an activating group) is 1. The minimum atomic E-state index is 0.138. The lowest BCUT2D eigenvalue weighted by atomic mass is 10.1. The molecule has 0 radical (unpaired) electrons. The van der Waals surface area contributed by atoms with E-state index in [1.807, 2.05) is 42.5 Å². The van der Waals surface area contributed by atoms with Crippen molar-refractivity contribution in [3.8, 4) is 0 Å². The number of aliphatic imine (C=N–C) groups is 1. The average Bonchev–Trinajstić information content (AvgIpc) is 3.29. The summed E-state index contributed by atoms with van der Waals surface area (Å²) in [7, 11) is 2.15. The van der Waals surface area contributed by atoms with Crippen molar-refractivity contribution in [3.05, 3.63) is 66.0 Å². The number of nitrogens with zero attached hydrogens (tertiary/aromatic N) is 4. The molecule has 3 heterocycles. The Hall–Kier alpha value is -3.20. The molecule has 3 N–H and O–H groups in total. The maximum atomic E-state index is 11.1. The second kappa shape index (κ2) is 10.2. The molecule has 2 aliphatic heterocycles. The van der Waals surface area contributed by atoms with E-state index >= 15 is 0 Å². The molecule has 0 bridgehead atoms. The Kier molecular flexibility index (Phi) is 6.93. The number of hydrogen-bond donors (Lipinski definition) is 3. The summed E-state index contributed by atoms with van der Waals surface area (Å²) in [6.45, 7) is 4.74. The molecule has 5 rings (SSSR count). The van der Waals surface area contributed by atoms with Gasteiger partial charge in [-0.05, 0) is 24.7 Å². The van der Waals surface area contributed by atoms with Crippen LogP contribution in [-0.2, 0) is 0 Å². The van der Waals surface area contributed by atoms with E-state index in [2.05, 4.69) is 55.2 Å². The number of fused-ring (bicyclic) bond motifs is 1. The summed E-state index contributed by atoms with van der Waals surface area (Å²) in [4.78, 5) is 26.5. The van der Waals surface area contributed by atoms with E-state index in [1.165, 1.54) is 18.7 Å². The number of nitrogens with one attached hydrogen (secondary N) is 3. The lowest BCUT2D eigenvalue weighted by molar-refractivity contribution is 0.111. The van der Waals surface area contributed by atoms with Crippen LogP contribution >= 0.6 is 0 Å². The van der Waals surface area contributed by atoms with E-state index < -0.39 is 0 Å². The van der Waals surface area contributed by atoms with Crippen LogP contribution in [0.3, 0.4) is 0 Å². The lowest BCUT2D eigenvalue weighted by Gasteiger charge is -2.21. The second-order valence-electron chi connectivity index (χ2n) is 7.59. The molecule has 8 nitrogen and oxygen atoms in total. The van der Waals surface area contributed by atoms with Gasteiger partial charge in [0.2, 0.25) is 0 Å². The van der Waals surface area contributed by atoms with Gasteiger partial charge in [-0.15, -0.1) is 0 Å². The van der Waals surface area contributed by atoms with Crippen molar-refractivity contribution in [1.82, 2.24) is 31.0 Å². The monoisotopic (exact) mass is 417 g/mol. The Morgan fingerprint density at radius 1 is 1.03 bits per heavy atom. The fourth-order valence-corrected chi connectivity index (χ4v) is 3.55. The van der Waals surface area contributed by atoms with Gasteiger partial charge in [0.1, 0.15) is 5.84 Å². The third-order valence-corrected chi connectivity index (χ3v) is 5.28. The molecule has 0 saturated carbocycles. The molecule has 3 aromatic rings. The number of piperazine rings is 1. The first-order chi connectivity index (χ1) is 15.2. The first-order valence-corrected chi connectivity index (χ1v) is 10.5. The molecule has 2 aromatic carbocycles. The number of hydrogen-bond acceptors (Lipinski definition) is 7. The summed E-state index contributed by atoms with van der Waals surface area (Å²) < 4.78 is 0. The highest BCUT2D eigenvalue weighted by molar-refractivity contribution is 5.94. The van der Waals surface area contributed by atoms with Crippen LogP contribution in [0.15, 0.2) is 59.6 Å². The second-order valence-corrected chi connectivity index (χ2v) is 7.59. The summed E-state index contributed by atoms with van der Waals surface area (Å²) in [5, 5.41) is 4.09. The predicted octanol–water partition coefficient (Wildman–Crippen LogP) is 2.23. The molecule has 1 unspecified atom stereocenters. The zero-order valence-corrected chi connectivity index (χ0v) is 17.6. The van der Waals surface area contributed by atoms with Gasteiger partial charge in [-0.1, -0.05) is 42.5 Å². The highest BCUT2D eigenvalue weighted by Crippen LogP contribution is 2.25. The molecule has 31 heavy (non-hydrogen) atoms. The quantitative estimate of drug-likeness (QED) is 0.563. The zero-order chi connectivity index (χ0) is 21.5. The minimum Gasteiger partial charge on any atom is -0.314 e. The molecule has 1 atom stereocenters. The highest BCUT2D eigenvalue weighted by atomic mass is 16.1. The smallest absolute Gasteiger partial charge is 0.195 e. The van der Waals surface area contributed by atoms with Gasteiger partial charge in [-0.25, -0.2) is 20.4 Å². The molecule has 0 spiro atoms. The number of hydrazine groups is 1. The molecule has 0 amide bonds. The average molecular weight is 418 g/mol. The Morgan fingerprint density at radius 2 is 1.77 bits per heavy atom. The normalized spacial score (nSPS) is 20.2. The number of amidine groups is 1. The van der Waals surface area contributed by atoms with Crippen molar-refractivity contribution < 1.29 is 4.79 Å². The van der Waals surface area contributed by atoms with Crippen LogP contribution in [-0.4, -0.2) is 60.2 Å².